The Bertz CT molecular complexity index is 680. The third kappa shape index (κ3) is 2.22. The molecule has 0 fully saturated rings. The van der Waals surface area contributed by atoms with E-state index in [4.69, 9.17) is 0 Å². The molecule has 0 heterocycles. The van der Waals surface area contributed by atoms with Gasteiger partial charge in [0, 0.05) is 17.5 Å². The maximum atomic E-state index is 12.5. The van der Waals surface area contributed by atoms with Gasteiger partial charge in [-0.15, -0.1) is 0 Å². The highest BCUT2D eigenvalue weighted by atomic mass is 16.1. The number of rotatable bonds is 5. The second kappa shape index (κ2) is 5.49. The molecular weight excluding hydrogens is 246 g/mol. The Morgan fingerprint density at radius 2 is 1.85 bits per heavy atom. The van der Waals surface area contributed by atoms with E-state index in [1.54, 1.807) is 0 Å². The molecule has 102 valence electrons. The molecule has 0 saturated carbocycles. The van der Waals surface area contributed by atoms with Crippen molar-refractivity contribution in [1.29, 1.82) is 0 Å². The van der Waals surface area contributed by atoms with E-state index < -0.39 is 0 Å². The van der Waals surface area contributed by atoms with Gasteiger partial charge in [-0.25, -0.2) is 0 Å². The number of ketones is 1. The molecule has 20 heavy (non-hydrogen) atoms. The minimum absolute atomic E-state index is 0.116. The smallest absolute Gasteiger partial charge is 0.209 e. The first kappa shape index (κ1) is 12.9. The van der Waals surface area contributed by atoms with Crippen molar-refractivity contribution in [1.82, 2.24) is 5.32 Å². The van der Waals surface area contributed by atoms with Crippen molar-refractivity contribution in [3.8, 4) is 0 Å². The first-order chi connectivity index (χ1) is 9.81. The van der Waals surface area contributed by atoms with Crippen molar-refractivity contribution in [3.63, 3.8) is 0 Å². The zero-order chi connectivity index (χ0) is 13.9. The minimum atomic E-state index is 0.116. The molecule has 2 nitrogen and oxygen atoms in total. The predicted octanol–water partition coefficient (Wildman–Crippen LogP) is 4.16. The highest BCUT2D eigenvalue weighted by molar-refractivity contribution is 6.22. The van der Waals surface area contributed by atoms with Crippen molar-refractivity contribution in [2.75, 3.05) is 6.54 Å². The fourth-order valence-corrected chi connectivity index (χ4v) is 2.78. The molecule has 1 aliphatic rings. The summed E-state index contributed by atoms with van der Waals surface area (Å²) in [5.41, 5.74) is 2.68. The van der Waals surface area contributed by atoms with Gasteiger partial charge >= 0.3 is 0 Å². The average molecular weight is 265 g/mol. The van der Waals surface area contributed by atoms with E-state index in [-0.39, 0.29) is 5.78 Å². The van der Waals surface area contributed by atoms with Gasteiger partial charge in [-0.2, -0.15) is 0 Å². The molecule has 3 rings (SSSR count). The summed E-state index contributed by atoms with van der Waals surface area (Å²) in [7, 11) is 0. The van der Waals surface area contributed by atoms with Gasteiger partial charge in [0.2, 0.25) is 5.78 Å². The van der Waals surface area contributed by atoms with E-state index >= 15 is 0 Å². The van der Waals surface area contributed by atoms with Crippen LogP contribution in [0, 0.1) is 0 Å². The summed E-state index contributed by atoms with van der Waals surface area (Å²) < 4.78 is 0. The van der Waals surface area contributed by atoms with Crippen LogP contribution in [0.15, 0.2) is 42.1 Å². The van der Waals surface area contributed by atoms with Crippen LogP contribution in [0.25, 0.3) is 16.8 Å². The lowest BCUT2D eigenvalue weighted by Crippen LogP contribution is -2.23. The summed E-state index contributed by atoms with van der Waals surface area (Å²) in [6.45, 7) is 3.05. The standard InChI is InChI=1S/C18H19NO/c1-2-3-4-11-19-16-12-14-9-5-7-13-8-6-10-15(17(13)14)18(16)20/h5-10,12,19H,2-4,11H2,1H3. The third-order valence-electron chi connectivity index (χ3n) is 3.82. The summed E-state index contributed by atoms with van der Waals surface area (Å²) in [6, 6.07) is 12.1. The van der Waals surface area contributed by atoms with Crippen LogP contribution in [0.2, 0.25) is 0 Å². The van der Waals surface area contributed by atoms with Gasteiger partial charge in [-0.05, 0) is 23.4 Å². The van der Waals surface area contributed by atoms with Gasteiger partial charge in [0.25, 0.3) is 0 Å². The number of carbonyl (C=O) groups excluding carboxylic acids is 1. The van der Waals surface area contributed by atoms with Gasteiger partial charge in [0.1, 0.15) is 0 Å². The maximum absolute atomic E-state index is 12.5. The molecule has 0 spiro atoms. The Morgan fingerprint density at radius 1 is 1.05 bits per heavy atom. The monoisotopic (exact) mass is 265 g/mol. The zero-order valence-corrected chi connectivity index (χ0v) is 11.8. The summed E-state index contributed by atoms with van der Waals surface area (Å²) in [5.74, 6) is 0.116. The summed E-state index contributed by atoms with van der Waals surface area (Å²) in [5, 5.41) is 5.52. The van der Waals surface area contributed by atoms with Gasteiger partial charge in [0.15, 0.2) is 0 Å². The van der Waals surface area contributed by atoms with Crippen molar-refractivity contribution in [2.45, 2.75) is 26.2 Å². The van der Waals surface area contributed by atoms with Crippen LogP contribution in [0.1, 0.15) is 42.1 Å². The quantitative estimate of drug-likeness (QED) is 0.823. The van der Waals surface area contributed by atoms with Gasteiger partial charge < -0.3 is 5.32 Å². The molecule has 0 aliphatic heterocycles. The van der Waals surface area contributed by atoms with E-state index in [2.05, 4.69) is 30.4 Å². The number of hydrogen-bond acceptors (Lipinski definition) is 2. The normalized spacial score (nSPS) is 13.4. The van der Waals surface area contributed by atoms with E-state index in [1.165, 1.54) is 12.8 Å². The Balaban J connectivity index is 1.94. The maximum Gasteiger partial charge on any atom is 0.209 e. The molecule has 2 aromatic rings. The SMILES string of the molecule is CCCCCNC1=Cc2cccc3cccc(c23)C1=O. The molecule has 1 N–H and O–H groups in total. The second-order valence-corrected chi connectivity index (χ2v) is 5.27. The third-order valence-corrected chi connectivity index (χ3v) is 3.82. The number of carbonyl (C=O) groups is 1. The van der Waals surface area contributed by atoms with Crippen LogP contribution >= 0.6 is 0 Å². The van der Waals surface area contributed by atoms with Crippen molar-refractivity contribution in [3.05, 3.63) is 53.2 Å². The predicted molar refractivity (Wildman–Crippen MR) is 83.8 cm³/mol. The van der Waals surface area contributed by atoms with Crippen molar-refractivity contribution >= 4 is 22.6 Å². The van der Waals surface area contributed by atoms with E-state index in [0.717, 1.165) is 40.6 Å². The molecule has 0 aromatic heterocycles. The summed E-state index contributed by atoms with van der Waals surface area (Å²) in [6.07, 6.45) is 5.48. The van der Waals surface area contributed by atoms with Crippen LogP contribution < -0.4 is 5.32 Å². The van der Waals surface area contributed by atoms with E-state index in [9.17, 15) is 4.79 Å². The van der Waals surface area contributed by atoms with Crippen molar-refractivity contribution in [2.24, 2.45) is 0 Å². The lowest BCUT2D eigenvalue weighted by Gasteiger charge is -2.18. The van der Waals surface area contributed by atoms with E-state index in [0.29, 0.717) is 0 Å². The highest BCUT2D eigenvalue weighted by Gasteiger charge is 2.20. The van der Waals surface area contributed by atoms with Crippen LogP contribution in [0.4, 0.5) is 0 Å². The first-order valence-corrected chi connectivity index (χ1v) is 7.33. The number of unbranched alkanes of at least 4 members (excludes halogenated alkanes) is 2. The molecule has 0 saturated heterocycles. The fourth-order valence-electron chi connectivity index (χ4n) is 2.78. The zero-order valence-electron chi connectivity index (χ0n) is 11.8. The molecule has 2 aromatic carbocycles. The largest absolute Gasteiger partial charge is 0.382 e. The van der Waals surface area contributed by atoms with Gasteiger partial charge in [0.05, 0.1) is 5.70 Å². The van der Waals surface area contributed by atoms with Crippen LogP contribution in [-0.2, 0) is 0 Å². The molecule has 0 bridgehead atoms. The van der Waals surface area contributed by atoms with E-state index in [1.807, 2.05) is 24.3 Å². The first-order valence-electron chi connectivity index (χ1n) is 7.33. The molecular formula is C18H19NO. The Labute approximate surface area is 119 Å². The van der Waals surface area contributed by atoms with Gasteiger partial charge in [-0.3, -0.25) is 4.79 Å². The molecule has 0 atom stereocenters. The number of Topliss-reactive ketones (excluding diaryl/α,β-unsaturated/α-hetero) is 1. The number of allylic oxidation sites excluding steroid dienone is 1. The van der Waals surface area contributed by atoms with Crippen LogP contribution in [0.3, 0.4) is 0 Å². The lowest BCUT2D eigenvalue weighted by molar-refractivity contribution is 0.102. The minimum Gasteiger partial charge on any atom is -0.382 e. The Hall–Kier alpha value is -2.09. The summed E-state index contributed by atoms with van der Waals surface area (Å²) >= 11 is 0. The molecule has 1 aliphatic carbocycles. The molecule has 0 unspecified atom stereocenters. The highest BCUT2D eigenvalue weighted by Crippen LogP contribution is 2.30. The average Bonchev–Trinajstić information content (AvgIpc) is 2.48. The molecule has 0 radical (unpaired) electrons. The van der Waals surface area contributed by atoms with Gasteiger partial charge in [-0.1, -0.05) is 56.2 Å². The Morgan fingerprint density at radius 3 is 2.65 bits per heavy atom. The van der Waals surface area contributed by atoms with Crippen LogP contribution in [0.5, 0.6) is 0 Å². The number of nitrogens with one attached hydrogen (secondary N) is 1. The number of hydrogen-bond donors (Lipinski definition) is 1. The Kier molecular flexibility index (Phi) is 3.55. The fraction of sp³-hybridized carbons (Fsp3) is 0.278. The number of benzene rings is 2. The van der Waals surface area contributed by atoms with Crippen molar-refractivity contribution < 1.29 is 4.79 Å². The topological polar surface area (TPSA) is 29.1 Å². The molecule has 2 heteroatoms. The summed E-state index contributed by atoms with van der Waals surface area (Å²) in [4.78, 5) is 12.5. The van der Waals surface area contributed by atoms with Crippen LogP contribution in [-0.4, -0.2) is 12.3 Å². The molecule has 0 amide bonds. The second-order valence-electron chi connectivity index (χ2n) is 5.27. The lowest BCUT2D eigenvalue weighted by atomic mass is 9.90.